The standard InChI is InChI=1S/C17H14ClN3O/c18-12-3-1-4-13(9-12)22-17-6-2-5-14-15(17)7-8-16(14)21-10-19-20-11-21/h1-6,9-11,16H,7-8H2. The zero-order valence-electron chi connectivity index (χ0n) is 11.8. The molecular formula is C17H14ClN3O. The highest BCUT2D eigenvalue weighted by atomic mass is 35.5. The minimum absolute atomic E-state index is 0.285. The van der Waals surface area contributed by atoms with Gasteiger partial charge in [0.25, 0.3) is 0 Å². The second-order valence-corrected chi connectivity index (χ2v) is 5.78. The second-order valence-electron chi connectivity index (χ2n) is 5.35. The Morgan fingerprint density at radius 1 is 1.09 bits per heavy atom. The molecule has 110 valence electrons. The molecule has 0 fully saturated rings. The number of ether oxygens (including phenoxy) is 1. The van der Waals surface area contributed by atoms with Crippen LogP contribution in [0.2, 0.25) is 5.02 Å². The first-order valence-electron chi connectivity index (χ1n) is 7.20. The Morgan fingerprint density at radius 3 is 2.73 bits per heavy atom. The third kappa shape index (κ3) is 2.35. The van der Waals surface area contributed by atoms with Gasteiger partial charge in [-0.3, -0.25) is 0 Å². The van der Waals surface area contributed by atoms with Crippen molar-refractivity contribution < 1.29 is 4.74 Å². The van der Waals surface area contributed by atoms with Crippen LogP contribution in [0.4, 0.5) is 0 Å². The molecule has 0 saturated heterocycles. The Hall–Kier alpha value is -2.33. The fourth-order valence-electron chi connectivity index (χ4n) is 3.03. The highest BCUT2D eigenvalue weighted by Gasteiger charge is 2.26. The zero-order valence-corrected chi connectivity index (χ0v) is 12.6. The van der Waals surface area contributed by atoms with Gasteiger partial charge in [-0.1, -0.05) is 29.8 Å². The van der Waals surface area contributed by atoms with Gasteiger partial charge in [0.1, 0.15) is 24.2 Å². The molecule has 0 amide bonds. The number of hydrogen-bond donors (Lipinski definition) is 0. The Labute approximate surface area is 133 Å². The maximum absolute atomic E-state index is 6.04. The first kappa shape index (κ1) is 13.3. The van der Waals surface area contributed by atoms with Gasteiger partial charge in [0.15, 0.2) is 0 Å². The minimum Gasteiger partial charge on any atom is -0.457 e. The summed E-state index contributed by atoms with van der Waals surface area (Å²) in [4.78, 5) is 0. The Bertz CT molecular complexity index is 801. The molecule has 1 aromatic heterocycles. The Balaban J connectivity index is 1.69. The fraction of sp³-hybridized carbons (Fsp3) is 0.176. The second kappa shape index (κ2) is 5.46. The third-order valence-corrected chi connectivity index (χ3v) is 4.25. The smallest absolute Gasteiger partial charge is 0.130 e. The first-order valence-corrected chi connectivity index (χ1v) is 7.58. The first-order chi connectivity index (χ1) is 10.8. The fourth-order valence-corrected chi connectivity index (χ4v) is 3.21. The summed E-state index contributed by atoms with van der Waals surface area (Å²) in [5.41, 5.74) is 2.53. The van der Waals surface area contributed by atoms with Crippen molar-refractivity contribution in [3.63, 3.8) is 0 Å². The summed E-state index contributed by atoms with van der Waals surface area (Å²) < 4.78 is 8.09. The molecule has 0 spiro atoms. The number of nitrogens with zero attached hydrogens (tertiary/aromatic N) is 3. The van der Waals surface area contributed by atoms with Crippen molar-refractivity contribution in [3.8, 4) is 11.5 Å². The number of benzene rings is 2. The Morgan fingerprint density at radius 2 is 1.91 bits per heavy atom. The van der Waals surface area contributed by atoms with Crippen molar-refractivity contribution in [1.29, 1.82) is 0 Å². The van der Waals surface area contributed by atoms with Crippen molar-refractivity contribution >= 4 is 11.6 Å². The van der Waals surface area contributed by atoms with Crippen LogP contribution in [0, 0.1) is 0 Å². The van der Waals surface area contributed by atoms with Crippen LogP contribution in [0.15, 0.2) is 55.1 Å². The summed E-state index contributed by atoms with van der Waals surface area (Å²) in [6.07, 6.45) is 5.55. The lowest BCUT2D eigenvalue weighted by Crippen LogP contribution is -2.04. The molecule has 0 radical (unpaired) electrons. The summed E-state index contributed by atoms with van der Waals surface area (Å²) in [7, 11) is 0. The van der Waals surface area contributed by atoms with Gasteiger partial charge in [-0.25, -0.2) is 0 Å². The average Bonchev–Trinajstić information content (AvgIpc) is 3.16. The van der Waals surface area contributed by atoms with Crippen molar-refractivity contribution in [3.05, 3.63) is 71.3 Å². The zero-order chi connectivity index (χ0) is 14.9. The van der Waals surface area contributed by atoms with E-state index in [0.29, 0.717) is 5.02 Å². The topological polar surface area (TPSA) is 39.9 Å². The summed E-state index contributed by atoms with van der Waals surface area (Å²) in [6, 6.07) is 13.9. The number of hydrogen-bond acceptors (Lipinski definition) is 3. The molecule has 1 aliphatic rings. The van der Waals surface area contributed by atoms with Crippen LogP contribution < -0.4 is 4.74 Å². The molecule has 0 N–H and O–H groups in total. The van der Waals surface area contributed by atoms with E-state index < -0.39 is 0 Å². The highest BCUT2D eigenvalue weighted by molar-refractivity contribution is 6.30. The molecule has 22 heavy (non-hydrogen) atoms. The van der Waals surface area contributed by atoms with E-state index in [1.807, 2.05) is 36.4 Å². The molecule has 5 heteroatoms. The normalized spacial score (nSPS) is 16.5. The van der Waals surface area contributed by atoms with Gasteiger partial charge in [0.2, 0.25) is 0 Å². The van der Waals surface area contributed by atoms with Crippen molar-refractivity contribution in [2.24, 2.45) is 0 Å². The molecule has 1 heterocycles. The SMILES string of the molecule is Clc1cccc(Oc2cccc3c2CCC3n2cnnc2)c1. The predicted octanol–water partition coefficient (Wildman–Crippen LogP) is 4.26. The van der Waals surface area contributed by atoms with Gasteiger partial charge in [0.05, 0.1) is 6.04 Å². The van der Waals surface area contributed by atoms with Crippen LogP contribution in [-0.4, -0.2) is 14.8 Å². The van der Waals surface area contributed by atoms with E-state index in [-0.39, 0.29) is 6.04 Å². The van der Waals surface area contributed by atoms with Gasteiger partial charge >= 0.3 is 0 Å². The number of aromatic nitrogens is 3. The van der Waals surface area contributed by atoms with Crippen LogP contribution >= 0.6 is 11.6 Å². The maximum atomic E-state index is 6.04. The van der Waals surface area contributed by atoms with Crippen LogP contribution in [0.5, 0.6) is 11.5 Å². The molecule has 0 bridgehead atoms. The van der Waals surface area contributed by atoms with Crippen LogP contribution in [-0.2, 0) is 6.42 Å². The van der Waals surface area contributed by atoms with E-state index in [9.17, 15) is 0 Å². The van der Waals surface area contributed by atoms with Gasteiger partial charge in [0, 0.05) is 10.6 Å². The molecule has 1 atom stereocenters. The molecule has 3 aromatic rings. The van der Waals surface area contributed by atoms with Crippen molar-refractivity contribution in [2.45, 2.75) is 18.9 Å². The average molecular weight is 312 g/mol. The van der Waals surface area contributed by atoms with Gasteiger partial charge < -0.3 is 9.30 Å². The van der Waals surface area contributed by atoms with Gasteiger partial charge in [-0.15, -0.1) is 10.2 Å². The summed E-state index contributed by atoms with van der Waals surface area (Å²) in [5, 5.41) is 8.49. The minimum atomic E-state index is 0.285. The largest absolute Gasteiger partial charge is 0.457 e. The maximum Gasteiger partial charge on any atom is 0.130 e. The molecule has 4 rings (SSSR count). The molecule has 0 saturated carbocycles. The Kier molecular flexibility index (Phi) is 3.31. The predicted molar refractivity (Wildman–Crippen MR) is 84.5 cm³/mol. The van der Waals surface area contributed by atoms with E-state index in [0.717, 1.165) is 24.3 Å². The third-order valence-electron chi connectivity index (χ3n) is 4.02. The van der Waals surface area contributed by atoms with E-state index in [1.165, 1.54) is 11.1 Å². The van der Waals surface area contributed by atoms with Crippen molar-refractivity contribution in [2.75, 3.05) is 0 Å². The number of rotatable bonds is 3. The number of fused-ring (bicyclic) bond motifs is 1. The summed E-state index contributed by atoms with van der Waals surface area (Å²) in [5.74, 6) is 1.66. The van der Waals surface area contributed by atoms with Crippen LogP contribution in [0.3, 0.4) is 0 Å². The molecular weight excluding hydrogens is 298 g/mol. The quantitative estimate of drug-likeness (QED) is 0.725. The van der Waals surface area contributed by atoms with E-state index in [1.54, 1.807) is 12.7 Å². The van der Waals surface area contributed by atoms with Crippen molar-refractivity contribution in [1.82, 2.24) is 14.8 Å². The molecule has 2 aromatic carbocycles. The number of halogens is 1. The lowest BCUT2D eigenvalue weighted by molar-refractivity contribution is 0.477. The highest BCUT2D eigenvalue weighted by Crippen LogP contribution is 2.40. The summed E-state index contributed by atoms with van der Waals surface area (Å²) in [6.45, 7) is 0. The molecule has 1 unspecified atom stereocenters. The van der Waals surface area contributed by atoms with Crippen LogP contribution in [0.25, 0.3) is 0 Å². The molecule has 4 nitrogen and oxygen atoms in total. The lowest BCUT2D eigenvalue weighted by atomic mass is 10.1. The molecule has 1 aliphatic carbocycles. The summed E-state index contributed by atoms with van der Waals surface area (Å²) >= 11 is 6.02. The van der Waals surface area contributed by atoms with E-state index in [2.05, 4.69) is 20.8 Å². The van der Waals surface area contributed by atoms with Crippen LogP contribution in [0.1, 0.15) is 23.6 Å². The van der Waals surface area contributed by atoms with E-state index in [4.69, 9.17) is 16.3 Å². The van der Waals surface area contributed by atoms with Gasteiger partial charge in [-0.2, -0.15) is 0 Å². The van der Waals surface area contributed by atoms with Gasteiger partial charge in [-0.05, 0) is 42.7 Å². The van der Waals surface area contributed by atoms with E-state index >= 15 is 0 Å². The lowest BCUT2D eigenvalue weighted by Gasteiger charge is -2.14. The monoisotopic (exact) mass is 311 g/mol. The molecule has 0 aliphatic heterocycles.